The zero-order chi connectivity index (χ0) is 17.9. The summed E-state index contributed by atoms with van der Waals surface area (Å²) in [5, 5.41) is 10.6. The number of amides is 1. The van der Waals surface area contributed by atoms with Gasteiger partial charge in [0, 0.05) is 5.92 Å². The van der Waals surface area contributed by atoms with Crippen molar-refractivity contribution in [1.29, 1.82) is 0 Å². The Labute approximate surface area is 146 Å². The van der Waals surface area contributed by atoms with Gasteiger partial charge in [0.25, 0.3) is 0 Å². The van der Waals surface area contributed by atoms with Crippen LogP contribution in [0.4, 0.5) is 4.79 Å². The molecule has 5 atom stereocenters. The normalized spacial score (nSPS) is 34.9. The van der Waals surface area contributed by atoms with Crippen molar-refractivity contribution >= 4 is 6.09 Å². The predicted octanol–water partition coefficient (Wildman–Crippen LogP) is 3.59. The highest BCUT2D eigenvalue weighted by molar-refractivity contribution is 5.69. The number of carbonyl (C=O) groups excluding carboxylic acids is 1. The fraction of sp³-hybridized carbons (Fsp3) is 0.947. The molecule has 0 bridgehead atoms. The molecule has 0 spiro atoms. The number of morpholine rings is 1. The van der Waals surface area contributed by atoms with Gasteiger partial charge in [0.15, 0.2) is 0 Å². The van der Waals surface area contributed by atoms with Crippen molar-refractivity contribution in [3.63, 3.8) is 0 Å². The summed E-state index contributed by atoms with van der Waals surface area (Å²) < 4.78 is 11.4. The second-order valence-corrected chi connectivity index (χ2v) is 8.54. The summed E-state index contributed by atoms with van der Waals surface area (Å²) in [4.78, 5) is 14.6. The van der Waals surface area contributed by atoms with Gasteiger partial charge in [0.1, 0.15) is 5.60 Å². The van der Waals surface area contributed by atoms with Crippen molar-refractivity contribution in [3.05, 3.63) is 0 Å². The van der Waals surface area contributed by atoms with Gasteiger partial charge in [0.05, 0.1) is 31.4 Å². The number of hydrogen-bond donors (Lipinski definition) is 1. The van der Waals surface area contributed by atoms with Crippen LogP contribution in [0.15, 0.2) is 0 Å². The van der Waals surface area contributed by atoms with Crippen molar-refractivity contribution in [1.82, 2.24) is 4.90 Å². The summed E-state index contributed by atoms with van der Waals surface area (Å²) in [5.41, 5.74) is -0.518. The quantitative estimate of drug-likeness (QED) is 0.852. The van der Waals surface area contributed by atoms with Crippen LogP contribution in [0.1, 0.15) is 66.7 Å². The number of hydrogen-bond acceptors (Lipinski definition) is 4. The van der Waals surface area contributed by atoms with Gasteiger partial charge in [-0.05, 0) is 52.9 Å². The SMILES string of the molecule is CCCC1CCC(O)C(C2COCC(C)N2C(=O)OC(C)(C)C)C1. The van der Waals surface area contributed by atoms with Crippen molar-refractivity contribution < 1.29 is 19.4 Å². The van der Waals surface area contributed by atoms with E-state index < -0.39 is 5.60 Å². The van der Waals surface area contributed by atoms with Gasteiger partial charge < -0.3 is 14.6 Å². The second-order valence-electron chi connectivity index (χ2n) is 8.54. The zero-order valence-corrected chi connectivity index (χ0v) is 16.0. The molecule has 1 saturated carbocycles. The lowest BCUT2D eigenvalue weighted by molar-refractivity contribution is -0.0982. The molecule has 1 heterocycles. The first-order valence-corrected chi connectivity index (χ1v) is 9.50. The maximum atomic E-state index is 12.8. The summed E-state index contributed by atoms with van der Waals surface area (Å²) in [7, 11) is 0. The van der Waals surface area contributed by atoms with E-state index in [1.807, 2.05) is 32.6 Å². The van der Waals surface area contributed by atoms with E-state index in [2.05, 4.69) is 6.92 Å². The Bertz CT molecular complexity index is 420. The average Bonchev–Trinajstić information content (AvgIpc) is 2.47. The molecular formula is C19H35NO4. The summed E-state index contributed by atoms with van der Waals surface area (Å²) in [5.74, 6) is 0.715. The van der Waals surface area contributed by atoms with Gasteiger partial charge in [-0.3, -0.25) is 4.90 Å². The van der Waals surface area contributed by atoms with Crippen LogP contribution in [0, 0.1) is 11.8 Å². The molecular weight excluding hydrogens is 306 g/mol. The molecule has 0 aromatic rings. The van der Waals surface area contributed by atoms with E-state index in [4.69, 9.17) is 9.47 Å². The average molecular weight is 341 g/mol. The first-order chi connectivity index (χ1) is 11.2. The van der Waals surface area contributed by atoms with E-state index in [-0.39, 0.29) is 30.2 Å². The molecule has 0 aromatic heterocycles. The van der Waals surface area contributed by atoms with E-state index in [1.54, 1.807) is 0 Å². The van der Waals surface area contributed by atoms with Crippen LogP contribution < -0.4 is 0 Å². The Balaban J connectivity index is 2.15. The van der Waals surface area contributed by atoms with E-state index in [9.17, 15) is 9.90 Å². The van der Waals surface area contributed by atoms with Gasteiger partial charge in [-0.1, -0.05) is 19.8 Å². The highest BCUT2D eigenvalue weighted by Gasteiger charge is 2.43. The number of rotatable bonds is 3. The molecule has 5 heteroatoms. The highest BCUT2D eigenvalue weighted by Crippen LogP contribution is 2.37. The maximum absolute atomic E-state index is 12.8. The summed E-state index contributed by atoms with van der Waals surface area (Å²) in [6.45, 7) is 10.9. The lowest BCUT2D eigenvalue weighted by atomic mass is 9.74. The molecule has 2 aliphatic rings. The molecule has 0 aromatic carbocycles. The van der Waals surface area contributed by atoms with Gasteiger partial charge in [0.2, 0.25) is 0 Å². The van der Waals surface area contributed by atoms with E-state index in [0.717, 1.165) is 19.3 Å². The highest BCUT2D eigenvalue weighted by atomic mass is 16.6. The van der Waals surface area contributed by atoms with E-state index in [0.29, 0.717) is 19.1 Å². The third-order valence-corrected chi connectivity index (χ3v) is 5.25. The monoisotopic (exact) mass is 341 g/mol. The standard InChI is InChI=1S/C19H35NO4/c1-6-7-14-8-9-17(21)15(10-14)16-12-23-11-13(2)20(16)18(22)24-19(3,4)5/h13-17,21H,6-12H2,1-5H3. The van der Waals surface area contributed by atoms with Crippen LogP contribution in [0.25, 0.3) is 0 Å². The second kappa shape index (κ2) is 8.05. The molecule has 24 heavy (non-hydrogen) atoms. The van der Waals surface area contributed by atoms with E-state index in [1.165, 1.54) is 12.8 Å². The Morgan fingerprint density at radius 3 is 2.62 bits per heavy atom. The third kappa shape index (κ3) is 4.85. The molecule has 5 unspecified atom stereocenters. The van der Waals surface area contributed by atoms with E-state index >= 15 is 0 Å². The first kappa shape index (κ1) is 19.5. The molecule has 140 valence electrons. The molecule has 2 rings (SSSR count). The maximum Gasteiger partial charge on any atom is 0.410 e. The van der Waals surface area contributed by atoms with Crippen molar-refractivity contribution in [2.45, 2.75) is 90.5 Å². The summed E-state index contributed by atoms with van der Waals surface area (Å²) in [6, 6.07) is -0.129. The van der Waals surface area contributed by atoms with Crippen molar-refractivity contribution in [2.24, 2.45) is 11.8 Å². The summed E-state index contributed by atoms with van der Waals surface area (Å²) in [6.07, 6.45) is 4.59. The molecule has 1 saturated heterocycles. The zero-order valence-electron chi connectivity index (χ0n) is 16.0. The van der Waals surface area contributed by atoms with Crippen LogP contribution in [0.3, 0.4) is 0 Å². The molecule has 1 aliphatic carbocycles. The van der Waals surface area contributed by atoms with Gasteiger partial charge in [-0.15, -0.1) is 0 Å². The van der Waals surface area contributed by atoms with Gasteiger partial charge in [-0.2, -0.15) is 0 Å². The lowest BCUT2D eigenvalue weighted by Crippen LogP contribution is -2.60. The van der Waals surface area contributed by atoms with Gasteiger partial charge in [-0.25, -0.2) is 4.79 Å². The third-order valence-electron chi connectivity index (χ3n) is 5.25. The fourth-order valence-corrected chi connectivity index (χ4v) is 4.17. The number of ether oxygens (including phenoxy) is 2. The molecule has 5 nitrogen and oxygen atoms in total. The van der Waals surface area contributed by atoms with Crippen LogP contribution >= 0.6 is 0 Å². The molecule has 0 radical (unpaired) electrons. The Kier molecular flexibility index (Phi) is 6.54. The topological polar surface area (TPSA) is 59.0 Å². The smallest absolute Gasteiger partial charge is 0.410 e. The Morgan fingerprint density at radius 1 is 1.29 bits per heavy atom. The Morgan fingerprint density at radius 2 is 2.00 bits per heavy atom. The minimum absolute atomic E-state index is 0.0302. The molecule has 1 N–H and O–H groups in total. The number of aliphatic hydroxyl groups excluding tert-OH is 1. The van der Waals surface area contributed by atoms with Crippen molar-refractivity contribution in [2.75, 3.05) is 13.2 Å². The van der Waals surface area contributed by atoms with Crippen LogP contribution in [-0.2, 0) is 9.47 Å². The number of aliphatic hydroxyl groups is 1. The largest absolute Gasteiger partial charge is 0.444 e. The lowest BCUT2D eigenvalue weighted by Gasteiger charge is -2.47. The summed E-state index contributed by atoms with van der Waals surface area (Å²) >= 11 is 0. The molecule has 2 fully saturated rings. The number of nitrogens with zero attached hydrogens (tertiary/aromatic N) is 1. The van der Waals surface area contributed by atoms with Crippen LogP contribution in [0.2, 0.25) is 0 Å². The minimum Gasteiger partial charge on any atom is -0.444 e. The predicted molar refractivity (Wildman–Crippen MR) is 93.9 cm³/mol. The van der Waals surface area contributed by atoms with Gasteiger partial charge >= 0.3 is 6.09 Å². The van der Waals surface area contributed by atoms with Crippen LogP contribution in [-0.4, -0.2) is 53.1 Å². The Hall–Kier alpha value is -0.810. The molecule has 1 amide bonds. The number of carbonyl (C=O) groups is 1. The fourth-order valence-electron chi connectivity index (χ4n) is 4.17. The van der Waals surface area contributed by atoms with Crippen LogP contribution in [0.5, 0.6) is 0 Å². The van der Waals surface area contributed by atoms with Crippen molar-refractivity contribution in [3.8, 4) is 0 Å². The molecule has 1 aliphatic heterocycles. The first-order valence-electron chi connectivity index (χ1n) is 9.50. The minimum atomic E-state index is -0.518.